The molecule has 1 rings (SSSR count). The molecule has 4 atom stereocenters. The quantitative estimate of drug-likeness (QED) is 0.150. The summed E-state index contributed by atoms with van der Waals surface area (Å²) in [7, 11) is 0. The van der Waals surface area contributed by atoms with Gasteiger partial charge in [0, 0.05) is 6.54 Å². The zero-order chi connectivity index (χ0) is 25.0. The first-order valence-electron chi connectivity index (χ1n) is 10.9. The molecule has 0 aromatic rings. The summed E-state index contributed by atoms with van der Waals surface area (Å²) >= 11 is 1.53. The van der Waals surface area contributed by atoms with Gasteiger partial charge in [0.05, 0.1) is 12.5 Å². The molecule has 12 nitrogen and oxygen atoms in total. The van der Waals surface area contributed by atoms with E-state index in [9.17, 15) is 34.2 Å². The van der Waals surface area contributed by atoms with Crippen molar-refractivity contribution in [3.05, 3.63) is 0 Å². The van der Waals surface area contributed by atoms with Crippen LogP contribution in [0, 0.1) is 0 Å². The van der Waals surface area contributed by atoms with Gasteiger partial charge in [-0.25, -0.2) is 4.79 Å². The van der Waals surface area contributed by atoms with Crippen LogP contribution in [0.1, 0.15) is 44.9 Å². The molecule has 0 bridgehead atoms. The summed E-state index contributed by atoms with van der Waals surface area (Å²) in [5, 5.41) is 23.6. The van der Waals surface area contributed by atoms with Crippen LogP contribution in [0.25, 0.3) is 0 Å². The van der Waals surface area contributed by atoms with E-state index in [1.807, 2.05) is 6.26 Å². The number of rotatable bonds is 15. The van der Waals surface area contributed by atoms with Crippen molar-refractivity contribution < 1.29 is 34.2 Å². The van der Waals surface area contributed by atoms with Crippen LogP contribution in [0.4, 0.5) is 0 Å². The maximum absolute atomic E-state index is 13.0. The van der Waals surface area contributed by atoms with E-state index in [2.05, 4.69) is 10.6 Å². The normalized spacial score (nSPS) is 18.3. The Morgan fingerprint density at radius 1 is 1.06 bits per heavy atom. The number of carboxylic acid groups (broad SMARTS) is 2. The number of carboxylic acids is 2. The van der Waals surface area contributed by atoms with E-state index in [0.29, 0.717) is 38.0 Å². The molecular weight excluding hydrogens is 454 g/mol. The minimum atomic E-state index is -1.46. The molecule has 13 heteroatoms. The van der Waals surface area contributed by atoms with Gasteiger partial charge in [0.2, 0.25) is 17.7 Å². The largest absolute Gasteiger partial charge is 0.481 e. The van der Waals surface area contributed by atoms with Crippen LogP contribution in [0.2, 0.25) is 0 Å². The lowest BCUT2D eigenvalue weighted by molar-refractivity contribution is -0.150. The monoisotopic (exact) mass is 489 g/mol. The van der Waals surface area contributed by atoms with Gasteiger partial charge in [0.1, 0.15) is 18.1 Å². The molecule has 1 fully saturated rings. The standard InChI is InChI=1S/C20H35N5O7S/c1-33-10-7-12(22)17(28)23-13(5-2-3-8-21)18(29)24-14(11-16(26)27)19(30)25-9-4-6-15(25)20(31)32/h12-15H,2-11,21-22H2,1H3,(H,23,28)(H,24,29)(H,26,27)(H,31,32). The van der Waals surface area contributed by atoms with Crippen LogP contribution in [0.15, 0.2) is 0 Å². The van der Waals surface area contributed by atoms with Crippen molar-refractivity contribution in [2.24, 2.45) is 11.5 Å². The number of aliphatic carboxylic acids is 2. The highest BCUT2D eigenvalue weighted by molar-refractivity contribution is 7.98. The van der Waals surface area contributed by atoms with E-state index in [4.69, 9.17) is 11.5 Å². The molecule has 8 N–H and O–H groups in total. The van der Waals surface area contributed by atoms with Crippen LogP contribution >= 0.6 is 11.8 Å². The Kier molecular flexibility index (Phi) is 12.8. The van der Waals surface area contributed by atoms with Crippen molar-refractivity contribution in [2.45, 2.75) is 69.1 Å². The summed E-state index contributed by atoms with van der Waals surface area (Å²) in [5.41, 5.74) is 11.4. The molecule has 0 aromatic carbocycles. The van der Waals surface area contributed by atoms with Crippen LogP contribution in [-0.4, -0.2) is 94.0 Å². The maximum atomic E-state index is 13.0. The van der Waals surface area contributed by atoms with E-state index < -0.39 is 60.2 Å². The molecule has 0 saturated carbocycles. The predicted octanol–water partition coefficient (Wildman–Crippen LogP) is -1.28. The zero-order valence-electron chi connectivity index (χ0n) is 18.8. The SMILES string of the molecule is CSCCC(N)C(=O)NC(CCCCN)C(=O)NC(CC(=O)O)C(=O)N1CCCC1C(=O)O. The smallest absolute Gasteiger partial charge is 0.326 e. The zero-order valence-corrected chi connectivity index (χ0v) is 19.6. The third kappa shape index (κ3) is 9.56. The number of hydrogen-bond donors (Lipinski definition) is 6. The van der Waals surface area contributed by atoms with Gasteiger partial charge in [0.25, 0.3) is 0 Å². The second-order valence-electron chi connectivity index (χ2n) is 7.92. The number of likely N-dealkylation sites (tertiary alicyclic amines) is 1. The van der Waals surface area contributed by atoms with Gasteiger partial charge in [-0.15, -0.1) is 0 Å². The third-order valence-electron chi connectivity index (χ3n) is 5.36. The van der Waals surface area contributed by atoms with Crippen molar-refractivity contribution in [1.82, 2.24) is 15.5 Å². The molecule has 4 unspecified atom stereocenters. The second kappa shape index (κ2) is 14.7. The second-order valence-corrected chi connectivity index (χ2v) is 8.91. The van der Waals surface area contributed by atoms with Gasteiger partial charge < -0.3 is 37.2 Å². The summed E-state index contributed by atoms with van der Waals surface area (Å²) < 4.78 is 0. The fourth-order valence-corrected chi connectivity index (χ4v) is 4.04. The minimum Gasteiger partial charge on any atom is -0.481 e. The van der Waals surface area contributed by atoms with Gasteiger partial charge in [-0.2, -0.15) is 11.8 Å². The van der Waals surface area contributed by atoms with E-state index in [0.717, 1.165) is 4.90 Å². The molecular formula is C20H35N5O7S. The van der Waals surface area contributed by atoms with Crippen molar-refractivity contribution >= 4 is 41.4 Å². The van der Waals surface area contributed by atoms with Crippen LogP contribution in [0.5, 0.6) is 0 Å². The highest BCUT2D eigenvalue weighted by atomic mass is 32.2. The lowest BCUT2D eigenvalue weighted by Crippen LogP contribution is -2.57. The molecule has 0 radical (unpaired) electrons. The summed E-state index contributed by atoms with van der Waals surface area (Å²) in [4.78, 5) is 62.2. The Bertz CT molecular complexity index is 708. The predicted molar refractivity (Wildman–Crippen MR) is 122 cm³/mol. The first-order valence-corrected chi connectivity index (χ1v) is 12.3. The molecule has 1 aliphatic rings. The minimum absolute atomic E-state index is 0.156. The lowest BCUT2D eigenvalue weighted by Gasteiger charge is -2.28. The van der Waals surface area contributed by atoms with Crippen LogP contribution in [0.3, 0.4) is 0 Å². The number of thioether (sulfide) groups is 1. The number of carbonyl (C=O) groups is 5. The molecule has 3 amide bonds. The molecule has 33 heavy (non-hydrogen) atoms. The Labute approximate surface area is 197 Å². The average Bonchev–Trinajstić information content (AvgIpc) is 3.25. The molecule has 1 heterocycles. The van der Waals surface area contributed by atoms with E-state index in [1.54, 1.807) is 0 Å². The van der Waals surface area contributed by atoms with Crippen molar-refractivity contribution in [3.8, 4) is 0 Å². The Balaban J connectivity index is 2.96. The molecule has 188 valence electrons. The number of hydrogen-bond acceptors (Lipinski definition) is 8. The first-order chi connectivity index (χ1) is 15.6. The topological polar surface area (TPSA) is 205 Å². The van der Waals surface area contributed by atoms with E-state index in [-0.39, 0.29) is 19.4 Å². The molecule has 1 saturated heterocycles. The van der Waals surface area contributed by atoms with Gasteiger partial charge in [0.15, 0.2) is 0 Å². The van der Waals surface area contributed by atoms with Gasteiger partial charge in [-0.05, 0) is 57.1 Å². The lowest BCUT2D eigenvalue weighted by atomic mass is 10.1. The maximum Gasteiger partial charge on any atom is 0.326 e. The third-order valence-corrected chi connectivity index (χ3v) is 6.01. The van der Waals surface area contributed by atoms with E-state index in [1.165, 1.54) is 11.8 Å². The summed E-state index contributed by atoms with van der Waals surface area (Å²) in [6, 6.07) is -4.39. The van der Waals surface area contributed by atoms with Crippen molar-refractivity contribution in [3.63, 3.8) is 0 Å². The van der Waals surface area contributed by atoms with Crippen molar-refractivity contribution in [2.75, 3.05) is 25.1 Å². The average molecular weight is 490 g/mol. The molecule has 0 aliphatic carbocycles. The Morgan fingerprint density at radius 2 is 1.73 bits per heavy atom. The van der Waals surface area contributed by atoms with E-state index >= 15 is 0 Å². The highest BCUT2D eigenvalue weighted by Gasteiger charge is 2.39. The van der Waals surface area contributed by atoms with Crippen LogP contribution in [-0.2, 0) is 24.0 Å². The number of nitrogens with zero attached hydrogens (tertiary/aromatic N) is 1. The molecule has 1 aliphatic heterocycles. The highest BCUT2D eigenvalue weighted by Crippen LogP contribution is 2.19. The Hall–Kier alpha value is -2.38. The van der Waals surface area contributed by atoms with Gasteiger partial charge >= 0.3 is 11.9 Å². The number of nitrogens with one attached hydrogen (secondary N) is 2. The van der Waals surface area contributed by atoms with Crippen molar-refractivity contribution in [1.29, 1.82) is 0 Å². The Morgan fingerprint density at radius 3 is 2.30 bits per heavy atom. The van der Waals surface area contributed by atoms with Crippen LogP contribution < -0.4 is 22.1 Å². The molecule has 0 spiro atoms. The van der Waals surface area contributed by atoms with Gasteiger partial charge in [-0.1, -0.05) is 0 Å². The summed E-state index contributed by atoms with van der Waals surface area (Å²) in [6.07, 6.45) is 3.62. The molecule has 0 aromatic heterocycles. The van der Waals surface area contributed by atoms with Gasteiger partial charge in [-0.3, -0.25) is 19.2 Å². The fourth-order valence-electron chi connectivity index (χ4n) is 3.55. The number of amides is 3. The fraction of sp³-hybridized carbons (Fsp3) is 0.750. The first kappa shape index (κ1) is 28.7. The number of nitrogens with two attached hydrogens (primary N) is 2. The summed E-state index contributed by atoms with van der Waals surface area (Å²) in [6.45, 7) is 0.546. The number of unbranched alkanes of at least 4 members (excludes halogenated alkanes) is 1. The number of carbonyl (C=O) groups excluding carboxylic acids is 3. The summed E-state index contributed by atoms with van der Waals surface area (Å²) in [5.74, 6) is -3.89.